The summed E-state index contributed by atoms with van der Waals surface area (Å²) in [4.78, 5) is 27.9. The smallest absolute Gasteiger partial charge is 0.333 e. The molecule has 0 saturated heterocycles. The molecule has 0 fully saturated rings. The molecule has 158 valence electrons. The molecule has 2 heterocycles. The van der Waals surface area contributed by atoms with Gasteiger partial charge >= 0.3 is 5.97 Å². The normalized spacial score (nSPS) is 13.1. The van der Waals surface area contributed by atoms with Crippen molar-refractivity contribution in [3.05, 3.63) is 76.0 Å². The second kappa shape index (κ2) is 9.18. The van der Waals surface area contributed by atoms with Crippen LogP contribution in [-0.2, 0) is 9.53 Å². The van der Waals surface area contributed by atoms with Gasteiger partial charge in [-0.25, -0.2) is 4.79 Å². The number of amides is 1. The number of fused-ring (bicyclic) bond motifs is 1. The van der Waals surface area contributed by atoms with Crippen molar-refractivity contribution in [2.24, 2.45) is 0 Å². The monoisotopic (exact) mass is 433 g/mol. The van der Waals surface area contributed by atoms with Gasteiger partial charge in [-0.05, 0) is 60.2 Å². The van der Waals surface area contributed by atoms with Crippen molar-refractivity contribution in [1.82, 2.24) is 0 Å². The SMILES string of the molecule is CCOc1ccccc1-c1ccc2c(c1)C=C(C(=O)OC)CCN2C(=O)c1cccs1. The molecule has 1 amide bonds. The maximum Gasteiger partial charge on any atom is 0.333 e. The van der Waals surface area contributed by atoms with Gasteiger partial charge in [0.05, 0.1) is 24.3 Å². The van der Waals surface area contributed by atoms with Crippen molar-refractivity contribution < 1.29 is 19.1 Å². The van der Waals surface area contributed by atoms with E-state index in [2.05, 4.69) is 0 Å². The van der Waals surface area contributed by atoms with Gasteiger partial charge in [-0.2, -0.15) is 0 Å². The number of thiophene rings is 1. The van der Waals surface area contributed by atoms with Gasteiger partial charge in [0.15, 0.2) is 0 Å². The molecule has 0 unspecified atom stereocenters. The molecule has 6 heteroatoms. The van der Waals surface area contributed by atoms with Crippen LogP contribution >= 0.6 is 11.3 Å². The third kappa shape index (κ3) is 4.25. The number of carbonyl (C=O) groups is 2. The molecule has 5 nitrogen and oxygen atoms in total. The first-order valence-electron chi connectivity index (χ1n) is 10.1. The van der Waals surface area contributed by atoms with Crippen LogP contribution in [0.1, 0.15) is 28.6 Å². The summed E-state index contributed by atoms with van der Waals surface area (Å²) in [5.74, 6) is 0.344. The Kier molecular flexibility index (Phi) is 6.18. The van der Waals surface area contributed by atoms with Gasteiger partial charge in [0.1, 0.15) is 5.75 Å². The van der Waals surface area contributed by atoms with E-state index < -0.39 is 0 Å². The van der Waals surface area contributed by atoms with Crippen molar-refractivity contribution >= 4 is 35.0 Å². The quantitative estimate of drug-likeness (QED) is 0.504. The summed E-state index contributed by atoms with van der Waals surface area (Å²) in [7, 11) is 1.37. The molecule has 31 heavy (non-hydrogen) atoms. The molecular formula is C25H23NO4S. The lowest BCUT2D eigenvalue weighted by Crippen LogP contribution is -2.31. The first-order chi connectivity index (χ1) is 15.1. The third-order valence-electron chi connectivity index (χ3n) is 5.18. The molecular weight excluding hydrogens is 410 g/mol. The molecule has 0 aliphatic carbocycles. The highest BCUT2D eigenvalue weighted by Gasteiger charge is 2.26. The Labute approximate surface area is 185 Å². The summed E-state index contributed by atoms with van der Waals surface area (Å²) < 4.78 is 10.8. The number of methoxy groups -OCH3 is 1. The number of benzene rings is 2. The van der Waals surface area contributed by atoms with E-state index in [1.165, 1.54) is 18.4 Å². The van der Waals surface area contributed by atoms with Crippen LogP contribution in [0.4, 0.5) is 5.69 Å². The predicted octanol–water partition coefficient (Wildman–Crippen LogP) is 5.42. The number of carbonyl (C=O) groups excluding carboxylic acids is 2. The van der Waals surface area contributed by atoms with Crippen LogP contribution in [0.15, 0.2) is 65.6 Å². The van der Waals surface area contributed by atoms with E-state index in [4.69, 9.17) is 9.47 Å². The Hall–Kier alpha value is -3.38. The zero-order valence-electron chi connectivity index (χ0n) is 17.5. The van der Waals surface area contributed by atoms with Crippen LogP contribution in [0.5, 0.6) is 5.75 Å². The molecule has 2 aromatic carbocycles. The Morgan fingerprint density at radius 1 is 1.10 bits per heavy atom. The lowest BCUT2D eigenvalue weighted by molar-refractivity contribution is -0.136. The number of para-hydroxylation sites is 1. The largest absolute Gasteiger partial charge is 0.493 e. The van der Waals surface area contributed by atoms with Gasteiger partial charge in [-0.3, -0.25) is 4.79 Å². The van der Waals surface area contributed by atoms with Gasteiger partial charge in [0.2, 0.25) is 0 Å². The number of ether oxygens (including phenoxy) is 2. The molecule has 3 aromatic rings. The number of anilines is 1. The average molecular weight is 434 g/mol. The molecule has 0 saturated carbocycles. The number of nitrogens with zero attached hydrogens (tertiary/aromatic N) is 1. The van der Waals surface area contributed by atoms with Crippen LogP contribution in [-0.4, -0.2) is 32.1 Å². The summed E-state index contributed by atoms with van der Waals surface area (Å²) in [6.45, 7) is 2.92. The van der Waals surface area contributed by atoms with E-state index >= 15 is 0 Å². The molecule has 0 N–H and O–H groups in total. The number of hydrogen-bond acceptors (Lipinski definition) is 5. The summed E-state index contributed by atoms with van der Waals surface area (Å²) in [5.41, 5.74) is 4.02. The van der Waals surface area contributed by atoms with E-state index in [1.807, 2.05) is 73.0 Å². The number of esters is 1. The fourth-order valence-electron chi connectivity index (χ4n) is 3.72. The topological polar surface area (TPSA) is 55.8 Å². The van der Waals surface area contributed by atoms with E-state index in [9.17, 15) is 9.59 Å². The molecule has 4 rings (SSSR count). The standard InChI is InChI=1S/C25H23NO4S/c1-3-30-22-8-5-4-7-20(22)17-10-11-21-19(15-17)16-18(25(28)29-2)12-13-26(21)24(27)23-9-6-14-31-23/h4-11,14-16H,3,12-13H2,1-2H3. The van der Waals surface area contributed by atoms with Crippen LogP contribution in [0, 0.1) is 0 Å². The van der Waals surface area contributed by atoms with Gasteiger partial charge in [-0.15, -0.1) is 11.3 Å². The summed E-state index contributed by atoms with van der Waals surface area (Å²) in [6.07, 6.45) is 2.25. The van der Waals surface area contributed by atoms with Crippen molar-refractivity contribution in [3.8, 4) is 16.9 Å². The Balaban J connectivity index is 1.82. The maximum atomic E-state index is 13.2. The number of rotatable bonds is 5. The minimum absolute atomic E-state index is 0.0711. The Morgan fingerprint density at radius 3 is 2.68 bits per heavy atom. The van der Waals surface area contributed by atoms with E-state index in [0.717, 1.165) is 28.1 Å². The van der Waals surface area contributed by atoms with Crippen LogP contribution in [0.25, 0.3) is 17.2 Å². The molecule has 1 aliphatic heterocycles. The van der Waals surface area contributed by atoms with Crippen LogP contribution in [0.2, 0.25) is 0 Å². The minimum atomic E-state index is -0.378. The summed E-state index contributed by atoms with van der Waals surface area (Å²) in [5, 5.41) is 1.89. The zero-order chi connectivity index (χ0) is 21.8. The molecule has 0 radical (unpaired) electrons. The van der Waals surface area contributed by atoms with Crippen molar-refractivity contribution in [3.63, 3.8) is 0 Å². The fourth-order valence-corrected chi connectivity index (χ4v) is 4.39. The summed E-state index contributed by atoms with van der Waals surface area (Å²) >= 11 is 1.41. The molecule has 1 aliphatic rings. The Bertz CT molecular complexity index is 1130. The van der Waals surface area contributed by atoms with Gasteiger partial charge in [-0.1, -0.05) is 30.3 Å². The second-order valence-electron chi connectivity index (χ2n) is 7.05. The molecule has 1 aromatic heterocycles. The van der Waals surface area contributed by atoms with Gasteiger partial charge in [0, 0.05) is 17.7 Å². The second-order valence-corrected chi connectivity index (χ2v) is 8.00. The minimum Gasteiger partial charge on any atom is -0.493 e. The third-order valence-corrected chi connectivity index (χ3v) is 6.03. The lowest BCUT2D eigenvalue weighted by atomic mass is 9.99. The molecule has 0 atom stereocenters. The summed E-state index contributed by atoms with van der Waals surface area (Å²) in [6, 6.07) is 17.5. The highest BCUT2D eigenvalue weighted by Crippen LogP contribution is 2.36. The highest BCUT2D eigenvalue weighted by molar-refractivity contribution is 7.12. The maximum absolute atomic E-state index is 13.2. The first kappa shape index (κ1) is 20.9. The predicted molar refractivity (Wildman–Crippen MR) is 124 cm³/mol. The van der Waals surface area contributed by atoms with Gasteiger partial charge < -0.3 is 14.4 Å². The van der Waals surface area contributed by atoms with Crippen LogP contribution < -0.4 is 9.64 Å². The Morgan fingerprint density at radius 2 is 1.94 bits per heavy atom. The zero-order valence-corrected chi connectivity index (χ0v) is 18.3. The number of hydrogen-bond donors (Lipinski definition) is 0. The highest BCUT2D eigenvalue weighted by atomic mass is 32.1. The van der Waals surface area contributed by atoms with Crippen molar-refractivity contribution in [2.45, 2.75) is 13.3 Å². The lowest BCUT2D eigenvalue weighted by Gasteiger charge is -2.23. The van der Waals surface area contributed by atoms with Crippen molar-refractivity contribution in [2.75, 3.05) is 25.2 Å². The molecule has 0 spiro atoms. The first-order valence-corrected chi connectivity index (χ1v) is 11.0. The van der Waals surface area contributed by atoms with E-state index in [0.29, 0.717) is 30.0 Å². The average Bonchev–Trinajstić information content (AvgIpc) is 3.27. The van der Waals surface area contributed by atoms with Crippen molar-refractivity contribution in [1.29, 1.82) is 0 Å². The van der Waals surface area contributed by atoms with E-state index in [-0.39, 0.29) is 11.9 Å². The fraction of sp³-hybridized carbons (Fsp3) is 0.200. The molecule has 0 bridgehead atoms. The van der Waals surface area contributed by atoms with Gasteiger partial charge in [0.25, 0.3) is 5.91 Å². The van der Waals surface area contributed by atoms with Crippen LogP contribution in [0.3, 0.4) is 0 Å². The van der Waals surface area contributed by atoms with E-state index in [1.54, 1.807) is 4.90 Å².